The lowest BCUT2D eigenvalue weighted by Gasteiger charge is -2.25. The molecule has 0 radical (unpaired) electrons. The Hall–Kier alpha value is -2.94. The lowest BCUT2D eigenvalue weighted by molar-refractivity contribution is -0.125. The van der Waals surface area contributed by atoms with Crippen LogP contribution in [0.1, 0.15) is 30.7 Å². The standard InChI is InChI=1S/C20H29N7O2/c1-12-9-22-19(26-16(12)23-11-20(2,3)18(21)28)25-15-8-13-10-27(4)7-6-14(13)24-17(15)29-5/h8-9H,6-7,10-11H2,1-5H3,(H2,21,28)(H2,22,23,25,26). The Morgan fingerprint density at radius 3 is 2.83 bits per heavy atom. The van der Waals surface area contributed by atoms with Crippen LogP contribution in [0, 0.1) is 12.3 Å². The summed E-state index contributed by atoms with van der Waals surface area (Å²) < 4.78 is 5.47. The Labute approximate surface area is 171 Å². The fourth-order valence-electron chi connectivity index (χ4n) is 3.03. The zero-order chi connectivity index (χ0) is 21.2. The van der Waals surface area contributed by atoms with Gasteiger partial charge in [0.25, 0.3) is 0 Å². The van der Waals surface area contributed by atoms with Gasteiger partial charge in [0.1, 0.15) is 11.5 Å². The maximum Gasteiger partial charge on any atom is 0.237 e. The Balaban J connectivity index is 1.83. The van der Waals surface area contributed by atoms with Crippen molar-refractivity contribution in [1.82, 2.24) is 19.9 Å². The van der Waals surface area contributed by atoms with E-state index in [1.165, 1.54) is 0 Å². The molecular weight excluding hydrogens is 370 g/mol. The van der Waals surface area contributed by atoms with Crippen LogP contribution in [0.4, 0.5) is 17.5 Å². The number of carbonyl (C=O) groups excluding carboxylic acids is 1. The molecule has 29 heavy (non-hydrogen) atoms. The number of aryl methyl sites for hydroxylation is 1. The van der Waals surface area contributed by atoms with Crippen LogP contribution in [0.2, 0.25) is 0 Å². The highest BCUT2D eigenvalue weighted by Gasteiger charge is 2.25. The molecule has 0 spiro atoms. The molecule has 0 aromatic carbocycles. The summed E-state index contributed by atoms with van der Waals surface area (Å²) in [4.78, 5) is 27.4. The molecule has 0 unspecified atom stereocenters. The average molecular weight is 399 g/mol. The number of nitrogens with two attached hydrogens (primary N) is 1. The van der Waals surface area contributed by atoms with Crippen LogP contribution >= 0.6 is 0 Å². The van der Waals surface area contributed by atoms with E-state index in [-0.39, 0.29) is 5.91 Å². The van der Waals surface area contributed by atoms with Gasteiger partial charge < -0.3 is 26.0 Å². The van der Waals surface area contributed by atoms with Crippen LogP contribution in [0.25, 0.3) is 0 Å². The predicted molar refractivity (Wildman–Crippen MR) is 112 cm³/mol. The highest BCUT2D eigenvalue weighted by atomic mass is 16.5. The van der Waals surface area contributed by atoms with Crippen molar-refractivity contribution < 1.29 is 9.53 Å². The molecule has 0 saturated heterocycles. The Bertz CT molecular complexity index is 914. The van der Waals surface area contributed by atoms with Gasteiger partial charge in [-0.2, -0.15) is 4.98 Å². The molecule has 0 saturated carbocycles. The first-order valence-electron chi connectivity index (χ1n) is 9.59. The molecule has 2 aromatic rings. The number of nitrogens with zero attached hydrogens (tertiary/aromatic N) is 4. The molecule has 1 aliphatic rings. The Morgan fingerprint density at radius 1 is 1.38 bits per heavy atom. The molecule has 0 atom stereocenters. The van der Waals surface area contributed by atoms with Gasteiger partial charge in [-0.1, -0.05) is 0 Å². The number of nitrogens with one attached hydrogen (secondary N) is 2. The first kappa shape index (κ1) is 20.8. The normalized spacial score (nSPS) is 14.2. The number of hydrogen-bond acceptors (Lipinski definition) is 8. The molecular formula is C20H29N7O2. The SMILES string of the molecule is COc1nc2c(cc1Nc1ncc(C)c(NCC(C)(C)C(N)=O)n1)CN(C)CC2. The number of aromatic nitrogens is 3. The number of ether oxygens (including phenoxy) is 1. The molecule has 3 heterocycles. The van der Waals surface area contributed by atoms with E-state index in [4.69, 9.17) is 10.5 Å². The summed E-state index contributed by atoms with van der Waals surface area (Å²) in [6.45, 7) is 7.67. The quantitative estimate of drug-likeness (QED) is 0.645. The number of primary amides is 1. The molecule has 9 nitrogen and oxygen atoms in total. The largest absolute Gasteiger partial charge is 0.480 e. The highest BCUT2D eigenvalue weighted by Crippen LogP contribution is 2.30. The van der Waals surface area contributed by atoms with Gasteiger partial charge in [0.05, 0.1) is 18.2 Å². The summed E-state index contributed by atoms with van der Waals surface area (Å²) >= 11 is 0. The molecule has 9 heteroatoms. The first-order valence-corrected chi connectivity index (χ1v) is 9.59. The van der Waals surface area contributed by atoms with Crippen molar-refractivity contribution in [3.05, 3.63) is 29.1 Å². The van der Waals surface area contributed by atoms with Gasteiger partial charge in [0.15, 0.2) is 0 Å². The second kappa shape index (κ2) is 8.20. The summed E-state index contributed by atoms with van der Waals surface area (Å²) in [5.41, 5.74) is 8.57. The van der Waals surface area contributed by atoms with Crippen molar-refractivity contribution in [3.8, 4) is 5.88 Å². The van der Waals surface area contributed by atoms with E-state index in [0.717, 1.165) is 36.3 Å². The number of pyridine rings is 1. The highest BCUT2D eigenvalue weighted by molar-refractivity contribution is 5.80. The maximum atomic E-state index is 11.6. The van der Waals surface area contributed by atoms with Crippen molar-refractivity contribution in [2.24, 2.45) is 11.1 Å². The predicted octanol–water partition coefficient (Wildman–Crippen LogP) is 1.84. The molecule has 4 N–H and O–H groups in total. The summed E-state index contributed by atoms with van der Waals surface area (Å²) in [6.07, 6.45) is 2.62. The number of anilines is 3. The van der Waals surface area contributed by atoms with E-state index in [0.29, 0.717) is 29.9 Å². The Morgan fingerprint density at radius 2 is 2.14 bits per heavy atom. The van der Waals surface area contributed by atoms with Crippen LogP contribution in [-0.4, -0.2) is 53.0 Å². The second-order valence-corrected chi connectivity index (χ2v) is 8.09. The smallest absolute Gasteiger partial charge is 0.237 e. The molecule has 0 fully saturated rings. The van der Waals surface area contributed by atoms with Gasteiger partial charge in [-0.05, 0) is 39.4 Å². The van der Waals surface area contributed by atoms with Gasteiger partial charge in [0.2, 0.25) is 17.7 Å². The molecule has 1 aliphatic heterocycles. The number of rotatable bonds is 7. The molecule has 1 amide bonds. The third-order valence-corrected chi connectivity index (χ3v) is 5.10. The number of fused-ring (bicyclic) bond motifs is 1. The van der Waals surface area contributed by atoms with Gasteiger partial charge in [-0.25, -0.2) is 9.97 Å². The molecule has 156 valence electrons. The van der Waals surface area contributed by atoms with E-state index >= 15 is 0 Å². The summed E-state index contributed by atoms with van der Waals surface area (Å²) in [7, 11) is 3.69. The number of amides is 1. The van der Waals surface area contributed by atoms with Crippen molar-refractivity contribution in [2.45, 2.75) is 33.7 Å². The van der Waals surface area contributed by atoms with E-state index in [2.05, 4.69) is 37.5 Å². The Kier molecular flexibility index (Phi) is 5.88. The van der Waals surface area contributed by atoms with E-state index in [9.17, 15) is 4.79 Å². The molecule has 2 aromatic heterocycles. The molecule has 0 bridgehead atoms. The van der Waals surface area contributed by atoms with Crippen LogP contribution in [0.3, 0.4) is 0 Å². The minimum Gasteiger partial charge on any atom is -0.480 e. The minimum absolute atomic E-state index is 0.370. The van der Waals surface area contributed by atoms with Gasteiger partial charge in [-0.15, -0.1) is 0 Å². The van der Waals surface area contributed by atoms with Gasteiger partial charge in [-0.3, -0.25) is 4.79 Å². The number of methoxy groups -OCH3 is 1. The van der Waals surface area contributed by atoms with E-state index < -0.39 is 5.41 Å². The summed E-state index contributed by atoms with van der Waals surface area (Å²) in [5.74, 6) is 1.20. The summed E-state index contributed by atoms with van der Waals surface area (Å²) in [6, 6.07) is 2.04. The second-order valence-electron chi connectivity index (χ2n) is 8.09. The number of hydrogen-bond donors (Lipinski definition) is 3. The van der Waals surface area contributed by atoms with Gasteiger partial charge >= 0.3 is 0 Å². The third-order valence-electron chi connectivity index (χ3n) is 5.10. The zero-order valence-electron chi connectivity index (χ0n) is 17.7. The fraction of sp³-hybridized carbons (Fsp3) is 0.500. The van der Waals surface area contributed by atoms with Crippen molar-refractivity contribution in [3.63, 3.8) is 0 Å². The topological polar surface area (TPSA) is 118 Å². The van der Waals surface area contributed by atoms with E-state index in [1.54, 1.807) is 27.2 Å². The average Bonchev–Trinajstić information content (AvgIpc) is 2.67. The van der Waals surface area contributed by atoms with Gasteiger partial charge in [0, 0.05) is 37.8 Å². The monoisotopic (exact) mass is 399 g/mol. The number of likely N-dealkylation sites (N-methyl/N-ethyl adjacent to an activating group) is 1. The van der Waals surface area contributed by atoms with Crippen molar-refractivity contribution in [2.75, 3.05) is 37.9 Å². The number of carbonyl (C=O) groups is 1. The third kappa shape index (κ3) is 4.73. The minimum atomic E-state index is -0.692. The van der Waals surface area contributed by atoms with Crippen LogP contribution in [0.5, 0.6) is 5.88 Å². The summed E-state index contributed by atoms with van der Waals surface area (Å²) in [5, 5.41) is 6.42. The van der Waals surface area contributed by atoms with Crippen molar-refractivity contribution in [1.29, 1.82) is 0 Å². The maximum absolute atomic E-state index is 11.6. The fourth-order valence-corrected chi connectivity index (χ4v) is 3.03. The zero-order valence-corrected chi connectivity index (χ0v) is 17.7. The van der Waals surface area contributed by atoms with Crippen molar-refractivity contribution >= 4 is 23.4 Å². The van der Waals surface area contributed by atoms with Crippen LogP contribution in [-0.2, 0) is 17.8 Å². The van der Waals surface area contributed by atoms with Crippen LogP contribution in [0.15, 0.2) is 12.3 Å². The van der Waals surface area contributed by atoms with E-state index in [1.807, 2.05) is 13.0 Å². The first-order chi connectivity index (χ1) is 13.7. The lowest BCUT2D eigenvalue weighted by atomic mass is 9.93. The van der Waals surface area contributed by atoms with Crippen LogP contribution < -0.4 is 21.1 Å². The lowest BCUT2D eigenvalue weighted by Crippen LogP contribution is -2.37. The molecule has 0 aliphatic carbocycles. The molecule has 3 rings (SSSR count).